The Balaban J connectivity index is 2.40. The van der Waals surface area contributed by atoms with Crippen molar-refractivity contribution < 1.29 is 5.11 Å². The highest BCUT2D eigenvalue weighted by molar-refractivity contribution is 5.00. The van der Waals surface area contributed by atoms with Gasteiger partial charge in [0, 0.05) is 17.8 Å². The van der Waals surface area contributed by atoms with Crippen LogP contribution < -0.4 is 5.56 Å². The van der Waals surface area contributed by atoms with Crippen LogP contribution in [0.3, 0.4) is 0 Å². The Morgan fingerprint density at radius 3 is 2.63 bits per heavy atom. The second kappa shape index (κ2) is 5.08. The summed E-state index contributed by atoms with van der Waals surface area (Å²) in [5.74, 6) is 0.387. The Bertz CT molecular complexity index is 502. The molecule has 1 aromatic rings. The van der Waals surface area contributed by atoms with E-state index in [2.05, 4.69) is 25.8 Å². The number of aryl methyl sites for hydroxylation is 1. The normalized spacial score (nSPS) is 28.4. The van der Waals surface area contributed by atoms with Gasteiger partial charge in [-0.25, -0.2) is 4.98 Å². The maximum Gasteiger partial charge on any atom is 0.253 e. The third kappa shape index (κ3) is 3.06. The summed E-state index contributed by atoms with van der Waals surface area (Å²) in [7, 11) is 0. The smallest absolute Gasteiger partial charge is 0.253 e. The lowest BCUT2D eigenvalue weighted by Gasteiger charge is -2.42. The zero-order valence-corrected chi connectivity index (χ0v) is 12.3. The third-order valence-corrected chi connectivity index (χ3v) is 4.23. The molecule has 3 unspecified atom stereocenters. The molecule has 0 saturated heterocycles. The van der Waals surface area contributed by atoms with Crippen LogP contribution >= 0.6 is 0 Å². The molecule has 1 aromatic heterocycles. The molecule has 1 heterocycles. The highest BCUT2D eigenvalue weighted by Crippen LogP contribution is 2.43. The Morgan fingerprint density at radius 2 is 2.05 bits per heavy atom. The largest absolute Gasteiger partial charge is 0.393 e. The van der Waals surface area contributed by atoms with Crippen molar-refractivity contribution in [1.82, 2.24) is 9.55 Å². The highest BCUT2D eigenvalue weighted by atomic mass is 16.3. The standard InChI is InChI=1S/C15H24N2O2/c1-10-7-14(19)17(9-16-10)13-8-11(18)5-6-12(13)15(2,3)4/h7,9,11-13,18H,5-6,8H2,1-4H3. The van der Waals surface area contributed by atoms with Crippen LogP contribution in [0.1, 0.15) is 51.8 Å². The summed E-state index contributed by atoms with van der Waals surface area (Å²) in [5, 5.41) is 9.93. The molecule has 0 bridgehead atoms. The fourth-order valence-corrected chi connectivity index (χ4v) is 3.19. The topological polar surface area (TPSA) is 55.1 Å². The van der Waals surface area contributed by atoms with E-state index in [1.165, 1.54) is 0 Å². The number of hydrogen-bond acceptors (Lipinski definition) is 3. The van der Waals surface area contributed by atoms with Crippen LogP contribution in [-0.4, -0.2) is 20.8 Å². The first-order chi connectivity index (χ1) is 8.79. The minimum atomic E-state index is -0.309. The lowest BCUT2D eigenvalue weighted by atomic mass is 9.69. The van der Waals surface area contributed by atoms with Crippen LogP contribution in [0.4, 0.5) is 0 Å². The maximum absolute atomic E-state index is 12.2. The summed E-state index contributed by atoms with van der Waals surface area (Å²) >= 11 is 0. The van der Waals surface area contributed by atoms with Gasteiger partial charge >= 0.3 is 0 Å². The van der Waals surface area contributed by atoms with Crippen LogP contribution in [0.5, 0.6) is 0 Å². The molecular weight excluding hydrogens is 240 g/mol. The van der Waals surface area contributed by atoms with Crippen molar-refractivity contribution in [3.63, 3.8) is 0 Å². The van der Waals surface area contributed by atoms with Crippen molar-refractivity contribution in [2.24, 2.45) is 11.3 Å². The molecule has 1 aliphatic rings. The molecule has 1 saturated carbocycles. The highest BCUT2D eigenvalue weighted by Gasteiger charge is 2.38. The van der Waals surface area contributed by atoms with Crippen molar-refractivity contribution >= 4 is 0 Å². The lowest BCUT2D eigenvalue weighted by molar-refractivity contribution is 0.0283. The zero-order valence-electron chi connectivity index (χ0n) is 12.3. The summed E-state index contributed by atoms with van der Waals surface area (Å²) in [6.45, 7) is 8.43. The van der Waals surface area contributed by atoms with Gasteiger partial charge in [0.15, 0.2) is 0 Å². The first-order valence-electron chi connectivity index (χ1n) is 7.02. The quantitative estimate of drug-likeness (QED) is 0.846. The molecule has 106 valence electrons. The van der Waals surface area contributed by atoms with Gasteiger partial charge < -0.3 is 5.11 Å². The van der Waals surface area contributed by atoms with Crippen molar-refractivity contribution in [2.75, 3.05) is 0 Å². The monoisotopic (exact) mass is 264 g/mol. The summed E-state index contributed by atoms with van der Waals surface area (Å²) in [6, 6.07) is 1.62. The number of aliphatic hydroxyl groups is 1. The van der Waals surface area contributed by atoms with Crippen LogP contribution in [0, 0.1) is 18.3 Å². The van der Waals surface area contributed by atoms with Gasteiger partial charge in [0.2, 0.25) is 0 Å². The van der Waals surface area contributed by atoms with Gasteiger partial charge in [-0.15, -0.1) is 0 Å². The molecule has 1 N–H and O–H groups in total. The molecular formula is C15H24N2O2. The molecule has 0 amide bonds. The van der Waals surface area contributed by atoms with E-state index in [1.54, 1.807) is 17.0 Å². The van der Waals surface area contributed by atoms with Gasteiger partial charge in [0.25, 0.3) is 5.56 Å². The molecule has 0 spiro atoms. The Kier molecular flexibility index (Phi) is 3.81. The molecule has 0 aliphatic heterocycles. The fraction of sp³-hybridized carbons (Fsp3) is 0.733. The van der Waals surface area contributed by atoms with Crippen molar-refractivity contribution in [3.05, 3.63) is 28.4 Å². The van der Waals surface area contributed by atoms with Crippen LogP contribution in [0.15, 0.2) is 17.2 Å². The van der Waals surface area contributed by atoms with Crippen LogP contribution in [-0.2, 0) is 0 Å². The van der Waals surface area contributed by atoms with E-state index >= 15 is 0 Å². The SMILES string of the molecule is Cc1cc(=O)n(C2CC(O)CCC2C(C)(C)C)cn1. The van der Waals surface area contributed by atoms with Crippen molar-refractivity contribution in [1.29, 1.82) is 0 Å². The molecule has 0 radical (unpaired) electrons. The lowest BCUT2D eigenvalue weighted by Crippen LogP contribution is -2.40. The first kappa shape index (κ1) is 14.3. The minimum Gasteiger partial charge on any atom is -0.393 e. The van der Waals surface area contributed by atoms with E-state index in [0.29, 0.717) is 12.3 Å². The molecule has 0 aromatic carbocycles. The minimum absolute atomic E-state index is 0.0131. The predicted octanol–water partition coefficient (Wildman–Crippen LogP) is 2.30. The number of aliphatic hydroxyl groups excluding tert-OH is 1. The number of hydrogen-bond donors (Lipinski definition) is 1. The van der Waals surface area contributed by atoms with E-state index in [0.717, 1.165) is 18.5 Å². The van der Waals surface area contributed by atoms with Gasteiger partial charge in [-0.05, 0) is 37.5 Å². The molecule has 1 fully saturated rings. The van der Waals surface area contributed by atoms with Gasteiger partial charge in [-0.3, -0.25) is 9.36 Å². The van der Waals surface area contributed by atoms with Crippen LogP contribution in [0.25, 0.3) is 0 Å². The van der Waals surface area contributed by atoms with E-state index in [4.69, 9.17) is 0 Å². The van der Waals surface area contributed by atoms with E-state index in [-0.39, 0.29) is 23.1 Å². The van der Waals surface area contributed by atoms with Gasteiger partial charge in [-0.2, -0.15) is 0 Å². The number of nitrogens with zero attached hydrogens (tertiary/aromatic N) is 2. The third-order valence-electron chi connectivity index (χ3n) is 4.23. The Morgan fingerprint density at radius 1 is 1.37 bits per heavy atom. The maximum atomic E-state index is 12.2. The molecule has 4 nitrogen and oxygen atoms in total. The van der Waals surface area contributed by atoms with E-state index in [1.807, 2.05) is 6.92 Å². The molecule has 19 heavy (non-hydrogen) atoms. The van der Waals surface area contributed by atoms with Gasteiger partial charge in [0.1, 0.15) is 0 Å². The molecule has 3 atom stereocenters. The van der Waals surface area contributed by atoms with Crippen molar-refractivity contribution in [2.45, 2.75) is 59.1 Å². The molecule has 1 aliphatic carbocycles. The van der Waals surface area contributed by atoms with E-state index < -0.39 is 0 Å². The zero-order chi connectivity index (χ0) is 14.2. The number of aromatic nitrogens is 2. The average molecular weight is 264 g/mol. The summed E-state index contributed by atoms with van der Waals surface area (Å²) in [4.78, 5) is 16.4. The Hall–Kier alpha value is -1.16. The van der Waals surface area contributed by atoms with E-state index in [9.17, 15) is 9.90 Å². The van der Waals surface area contributed by atoms with Crippen molar-refractivity contribution in [3.8, 4) is 0 Å². The summed E-state index contributed by atoms with van der Waals surface area (Å²) in [6.07, 6.45) is 3.75. The summed E-state index contributed by atoms with van der Waals surface area (Å²) < 4.78 is 1.71. The molecule has 4 heteroatoms. The average Bonchev–Trinajstić information content (AvgIpc) is 2.27. The molecule has 2 rings (SSSR count). The van der Waals surface area contributed by atoms with Gasteiger partial charge in [0.05, 0.1) is 12.4 Å². The number of rotatable bonds is 1. The predicted molar refractivity (Wildman–Crippen MR) is 75.1 cm³/mol. The second-order valence-electron chi connectivity index (χ2n) is 6.78. The van der Waals surface area contributed by atoms with Gasteiger partial charge in [-0.1, -0.05) is 20.8 Å². The summed E-state index contributed by atoms with van der Waals surface area (Å²) in [5.41, 5.74) is 0.848. The second-order valence-corrected chi connectivity index (χ2v) is 6.78. The first-order valence-corrected chi connectivity index (χ1v) is 7.02. The fourth-order valence-electron chi connectivity index (χ4n) is 3.19. The Labute approximate surface area is 114 Å². The van der Waals surface area contributed by atoms with Crippen LogP contribution in [0.2, 0.25) is 0 Å².